The summed E-state index contributed by atoms with van der Waals surface area (Å²) >= 11 is 0. The van der Waals surface area contributed by atoms with Crippen molar-refractivity contribution in [2.24, 2.45) is 0 Å². The minimum Gasteiger partial charge on any atom is -0.371 e. The molecule has 0 bridgehead atoms. The van der Waals surface area contributed by atoms with Crippen molar-refractivity contribution in [1.29, 1.82) is 0 Å². The average molecular weight is 315 g/mol. The molecule has 0 unspecified atom stereocenters. The van der Waals surface area contributed by atoms with E-state index in [0.717, 1.165) is 24.3 Å². The highest BCUT2D eigenvalue weighted by Crippen LogP contribution is 2.23. The Morgan fingerprint density at radius 2 is 2.04 bits per heavy atom. The van der Waals surface area contributed by atoms with Gasteiger partial charge in [-0.1, -0.05) is 0 Å². The van der Waals surface area contributed by atoms with Gasteiger partial charge in [0.15, 0.2) is 0 Å². The van der Waals surface area contributed by atoms with Crippen molar-refractivity contribution in [3.05, 3.63) is 30.1 Å². The van der Waals surface area contributed by atoms with Gasteiger partial charge in [-0.05, 0) is 25.0 Å². The summed E-state index contributed by atoms with van der Waals surface area (Å²) in [5, 5.41) is 6.86. The fraction of sp³-hybridized carbons (Fsp3) is 0.438. The summed E-state index contributed by atoms with van der Waals surface area (Å²) in [6.07, 6.45) is 5.80. The molecule has 3 heterocycles. The molecule has 2 aromatic heterocycles. The highest BCUT2D eigenvalue weighted by molar-refractivity contribution is 6.02. The minimum atomic E-state index is -0.284. The normalized spacial score (nSPS) is 14.3. The SMILES string of the molecule is CN(C)C(=O)CNC(=O)c1cnn2ccc(N3CCCC3)cc12. The lowest BCUT2D eigenvalue weighted by Crippen LogP contribution is -2.36. The molecule has 0 aromatic carbocycles. The van der Waals surface area contributed by atoms with Crippen LogP contribution in [0.3, 0.4) is 0 Å². The topological polar surface area (TPSA) is 70.0 Å². The standard InChI is InChI=1S/C16H21N5O2/c1-19(2)15(22)11-17-16(23)13-10-18-21-8-5-12(9-14(13)21)20-6-3-4-7-20/h5,8-10H,3-4,6-7,11H2,1-2H3,(H,17,23). The molecular weight excluding hydrogens is 294 g/mol. The molecule has 0 saturated carbocycles. The Hall–Kier alpha value is -2.57. The number of carbonyl (C=O) groups excluding carboxylic acids is 2. The number of nitrogens with one attached hydrogen (secondary N) is 1. The lowest BCUT2D eigenvalue weighted by Gasteiger charge is -2.17. The van der Waals surface area contributed by atoms with E-state index in [1.165, 1.54) is 17.7 Å². The fourth-order valence-electron chi connectivity index (χ4n) is 2.73. The predicted octanol–water partition coefficient (Wildman–Crippen LogP) is 0.752. The van der Waals surface area contributed by atoms with Crippen LogP contribution in [0.15, 0.2) is 24.5 Å². The number of likely N-dealkylation sites (N-methyl/N-ethyl adjacent to an activating group) is 1. The van der Waals surface area contributed by atoms with E-state index in [9.17, 15) is 9.59 Å². The molecular formula is C16H21N5O2. The van der Waals surface area contributed by atoms with Crippen molar-refractivity contribution in [1.82, 2.24) is 19.8 Å². The van der Waals surface area contributed by atoms with Crippen LogP contribution in [0, 0.1) is 0 Å². The first-order valence-electron chi connectivity index (χ1n) is 7.77. The Morgan fingerprint density at radius 3 is 2.74 bits per heavy atom. The second-order valence-electron chi connectivity index (χ2n) is 5.94. The summed E-state index contributed by atoms with van der Waals surface area (Å²) in [5.41, 5.74) is 2.34. The summed E-state index contributed by atoms with van der Waals surface area (Å²) in [6.45, 7) is 2.07. The Labute approximate surface area is 134 Å². The first kappa shape index (κ1) is 15.3. The van der Waals surface area contributed by atoms with Gasteiger partial charge in [-0.25, -0.2) is 4.52 Å². The summed E-state index contributed by atoms with van der Waals surface area (Å²) in [7, 11) is 3.32. The van der Waals surface area contributed by atoms with Gasteiger partial charge >= 0.3 is 0 Å². The molecule has 23 heavy (non-hydrogen) atoms. The third kappa shape index (κ3) is 3.13. The van der Waals surface area contributed by atoms with Crippen LogP contribution in [0.4, 0.5) is 5.69 Å². The molecule has 3 rings (SSSR count). The van der Waals surface area contributed by atoms with Gasteiger partial charge in [-0.3, -0.25) is 9.59 Å². The van der Waals surface area contributed by atoms with E-state index >= 15 is 0 Å². The van der Waals surface area contributed by atoms with Crippen LogP contribution < -0.4 is 10.2 Å². The number of aromatic nitrogens is 2. The lowest BCUT2D eigenvalue weighted by molar-refractivity contribution is -0.127. The number of fused-ring (bicyclic) bond motifs is 1. The molecule has 2 aromatic rings. The van der Waals surface area contributed by atoms with E-state index in [-0.39, 0.29) is 18.4 Å². The average Bonchev–Trinajstić information content (AvgIpc) is 3.20. The Bertz CT molecular complexity index is 731. The van der Waals surface area contributed by atoms with Crippen LogP contribution in [0.2, 0.25) is 0 Å². The van der Waals surface area contributed by atoms with Gasteiger partial charge in [0.25, 0.3) is 5.91 Å². The number of hydrogen-bond donors (Lipinski definition) is 1. The Balaban J connectivity index is 1.81. The zero-order chi connectivity index (χ0) is 16.4. The molecule has 0 spiro atoms. The molecule has 0 atom stereocenters. The Kier molecular flexibility index (Phi) is 4.18. The van der Waals surface area contributed by atoms with E-state index < -0.39 is 0 Å². The lowest BCUT2D eigenvalue weighted by atomic mass is 10.2. The zero-order valence-corrected chi connectivity index (χ0v) is 13.5. The fourth-order valence-corrected chi connectivity index (χ4v) is 2.73. The number of pyridine rings is 1. The maximum Gasteiger partial charge on any atom is 0.255 e. The summed E-state index contributed by atoms with van der Waals surface area (Å²) in [6, 6.07) is 4.00. The third-order valence-corrected chi connectivity index (χ3v) is 4.12. The van der Waals surface area contributed by atoms with Gasteiger partial charge < -0.3 is 15.1 Å². The molecule has 2 amide bonds. The number of anilines is 1. The molecule has 1 N–H and O–H groups in total. The van der Waals surface area contributed by atoms with Crippen LogP contribution in [-0.2, 0) is 4.79 Å². The first-order valence-corrected chi connectivity index (χ1v) is 7.77. The molecule has 122 valence electrons. The molecule has 0 aliphatic carbocycles. The summed E-state index contributed by atoms with van der Waals surface area (Å²) in [4.78, 5) is 27.7. The van der Waals surface area contributed by atoms with E-state index in [0.29, 0.717) is 5.56 Å². The van der Waals surface area contributed by atoms with Crippen molar-refractivity contribution in [2.45, 2.75) is 12.8 Å². The smallest absolute Gasteiger partial charge is 0.255 e. The number of carbonyl (C=O) groups is 2. The minimum absolute atomic E-state index is 0.0189. The van der Waals surface area contributed by atoms with Crippen molar-refractivity contribution in [2.75, 3.05) is 38.6 Å². The number of hydrogen-bond acceptors (Lipinski definition) is 4. The quantitative estimate of drug-likeness (QED) is 0.904. The number of nitrogens with zero attached hydrogens (tertiary/aromatic N) is 4. The van der Waals surface area contributed by atoms with Crippen molar-refractivity contribution in [3.63, 3.8) is 0 Å². The van der Waals surface area contributed by atoms with E-state index in [4.69, 9.17) is 0 Å². The molecule has 1 fully saturated rings. The monoisotopic (exact) mass is 315 g/mol. The van der Waals surface area contributed by atoms with Gasteiger partial charge in [0.1, 0.15) is 0 Å². The second kappa shape index (κ2) is 6.28. The summed E-state index contributed by atoms with van der Waals surface area (Å²) < 4.78 is 1.68. The molecule has 0 radical (unpaired) electrons. The van der Waals surface area contributed by atoms with Crippen molar-refractivity contribution >= 4 is 23.0 Å². The largest absolute Gasteiger partial charge is 0.371 e. The third-order valence-electron chi connectivity index (χ3n) is 4.12. The number of amides is 2. The predicted molar refractivity (Wildman–Crippen MR) is 87.7 cm³/mol. The highest BCUT2D eigenvalue weighted by atomic mass is 16.2. The molecule has 7 nitrogen and oxygen atoms in total. The highest BCUT2D eigenvalue weighted by Gasteiger charge is 2.17. The van der Waals surface area contributed by atoms with Crippen LogP contribution >= 0.6 is 0 Å². The van der Waals surface area contributed by atoms with Crippen LogP contribution in [0.25, 0.3) is 5.52 Å². The maximum absolute atomic E-state index is 12.3. The second-order valence-corrected chi connectivity index (χ2v) is 5.94. The van der Waals surface area contributed by atoms with E-state index in [1.54, 1.807) is 24.8 Å². The van der Waals surface area contributed by atoms with Gasteiger partial charge in [0.2, 0.25) is 5.91 Å². The molecule has 7 heteroatoms. The van der Waals surface area contributed by atoms with Gasteiger partial charge in [-0.2, -0.15) is 5.10 Å². The Morgan fingerprint density at radius 1 is 1.30 bits per heavy atom. The van der Waals surface area contributed by atoms with E-state index in [1.807, 2.05) is 18.3 Å². The first-order chi connectivity index (χ1) is 11.1. The summed E-state index contributed by atoms with van der Waals surface area (Å²) in [5.74, 6) is -0.429. The van der Waals surface area contributed by atoms with Crippen LogP contribution in [0.5, 0.6) is 0 Å². The van der Waals surface area contributed by atoms with Crippen LogP contribution in [0.1, 0.15) is 23.2 Å². The molecule has 1 aliphatic heterocycles. The maximum atomic E-state index is 12.3. The van der Waals surface area contributed by atoms with Crippen molar-refractivity contribution in [3.8, 4) is 0 Å². The zero-order valence-electron chi connectivity index (χ0n) is 13.5. The van der Waals surface area contributed by atoms with Crippen LogP contribution in [-0.4, -0.2) is 60.1 Å². The van der Waals surface area contributed by atoms with Gasteiger partial charge in [0, 0.05) is 39.1 Å². The number of rotatable bonds is 4. The molecule has 1 aliphatic rings. The van der Waals surface area contributed by atoms with Gasteiger partial charge in [-0.15, -0.1) is 0 Å². The van der Waals surface area contributed by atoms with Gasteiger partial charge in [0.05, 0.1) is 23.8 Å². The van der Waals surface area contributed by atoms with E-state index in [2.05, 4.69) is 15.3 Å². The van der Waals surface area contributed by atoms with Crippen molar-refractivity contribution < 1.29 is 9.59 Å². The molecule has 1 saturated heterocycles.